The average molecular weight is 230 g/mol. The third-order valence-corrected chi connectivity index (χ3v) is 3.27. The number of para-hydroxylation sites is 1. The lowest BCUT2D eigenvalue weighted by molar-refractivity contribution is 0.0643. The van der Waals surface area contributed by atoms with Gasteiger partial charge in [-0.1, -0.05) is 12.1 Å². The predicted octanol–water partition coefficient (Wildman–Crippen LogP) is 2.48. The van der Waals surface area contributed by atoms with Crippen LogP contribution in [0.15, 0.2) is 18.2 Å². The number of hydrogen-bond donors (Lipinski definition) is 0. The Balaban J connectivity index is 2.49. The second-order valence-corrected chi connectivity index (χ2v) is 5.10. The first kappa shape index (κ1) is 11.9. The van der Waals surface area contributed by atoms with Gasteiger partial charge < -0.3 is 9.64 Å². The Kier molecular flexibility index (Phi) is 3.08. The van der Waals surface area contributed by atoms with Gasteiger partial charge in [-0.2, -0.15) is 5.26 Å². The largest absolute Gasteiger partial charge is 0.377 e. The summed E-state index contributed by atoms with van der Waals surface area (Å²) in [5.74, 6) is 0. The third-order valence-electron chi connectivity index (χ3n) is 3.27. The van der Waals surface area contributed by atoms with Crippen LogP contribution in [0.3, 0.4) is 0 Å². The molecule has 0 amide bonds. The van der Waals surface area contributed by atoms with Crippen LogP contribution < -0.4 is 4.90 Å². The summed E-state index contributed by atoms with van der Waals surface area (Å²) in [5.41, 5.74) is 2.90. The van der Waals surface area contributed by atoms with Crippen molar-refractivity contribution in [3.8, 4) is 6.07 Å². The van der Waals surface area contributed by atoms with Crippen LogP contribution in [0.2, 0.25) is 0 Å². The summed E-state index contributed by atoms with van der Waals surface area (Å²) in [7, 11) is 0. The van der Waals surface area contributed by atoms with Crippen LogP contribution in [0.25, 0.3) is 0 Å². The van der Waals surface area contributed by atoms with Gasteiger partial charge in [0.05, 0.1) is 30.0 Å². The molecule has 1 aliphatic rings. The zero-order valence-corrected chi connectivity index (χ0v) is 10.7. The van der Waals surface area contributed by atoms with Crippen LogP contribution in [0.1, 0.15) is 25.0 Å². The van der Waals surface area contributed by atoms with E-state index >= 15 is 0 Å². The normalized spacial score (nSPS) is 18.8. The minimum absolute atomic E-state index is 0.0596. The van der Waals surface area contributed by atoms with Gasteiger partial charge in [0.15, 0.2) is 0 Å². The highest BCUT2D eigenvalue weighted by Gasteiger charge is 2.32. The van der Waals surface area contributed by atoms with Gasteiger partial charge in [0.25, 0.3) is 0 Å². The fraction of sp³-hybridized carbons (Fsp3) is 0.500. The molecule has 17 heavy (non-hydrogen) atoms. The SMILES string of the molecule is Cc1cccc(C#N)c1N1CCOCC1(C)C. The lowest BCUT2D eigenvalue weighted by Crippen LogP contribution is -2.53. The number of nitriles is 1. The van der Waals surface area contributed by atoms with E-state index in [1.54, 1.807) is 0 Å². The van der Waals surface area contributed by atoms with E-state index in [1.807, 2.05) is 12.1 Å². The van der Waals surface area contributed by atoms with Crippen molar-refractivity contribution in [3.63, 3.8) is 0 Å². The first-order valence-electron chi connectivity index (χ1n) is 5.91. The number of rotatable bonds is 1. The van der Waals surface area contributed by atoms with Gasteiger partial charge >= 0.3 is 0 Å². The lowest BCUT2D eigenvalue weighted by atomic mass is 9.98. The van der Waals surface area contributed by atoms with Gasteiger partial charge in [-0.3, -0.25) is 0 Å². The summed E-state index contributed by atoms with van der Waals surface area (Å²) in [6, 6.07) is 8.16. The highest BCUT2D eigenvalue weighted by atomic mass is 16.5. The second-order valence-electron chi connectivity index (χ2n) is 5.10. The third kappa shape index (κ3) is 2.13. The molecule has 3 heteroatoms. The monoisotopic (exact) mass is 230 g/mol. The van der Waals surface area contributed by atoms with E-state index in [0.717, 1.165) is 30.0 Å². The molecule has 0 bridgehead atoms. The summed E-state index contributed by atoms with van der Waals surface area (Å²) in [4.78, 5) is 2.30. The van der Waals surface area contributed by atoms with Crippen LogP contribution in [0, 0.1) is 18.3 Å². The van der Waals surface area contributed by atoms with Crippen LogP contribution in [0.4, 0.5) is 5.69 Å². The van der Waals surface area contributed by atoms with Gasteiger partial charge in [-0.15, -0.1) is 0 Å². The Labute approximate surface area is 103 Å². The van der Waals surface area contributed by atoms with Crippen molar-refractivity contribution >= 4 is 5.69 Å². The number of nitrogens with zero attached hydrogens (tertiary/aromatic N) is 2. The topological polar surface area (TPSA) is 36.3 Å². The first-order chi connectivity index (χ1) is 8.06. The van der Waals surface area contributed by atoms with E-state index in [0.29, 0.717) is 6.61 Å². The second kappa shape index (κ2) is 4.38. The summed E-state index contributed by atoms with van der Waals surface area (Å²) >= 11 is 0. The maximum atomic E-state index is 9.24. The van der Waals surface area contributed by atoms with Gasteiger partial charge in [0.2, 0.25) is 0 Å². The maximum Gasteiger partial charge on any atom is 0.101 e. The maximum absolute atomic E-state index is 9.24. The minimum Gasteiger partial charge on any atom is -0.377 e. The van der Waals surface area contributed by atoms with Crippen molar-refractivity contribution in [2.45, 2.75) is 26.3 Å². The summed E-state index contributed by atoms with van der Waals surface area (Å²) < 4.78 is 5.53. The molecule has 0 atom stereocenters. The number of morpholine rings is 1. The van der Waals surface area contributed by atoms with E-state index in [9.17, 15) is 5.26 Å². The molecule has 0 N–H and O–H groups in total. The fourth-order valence-electron chi connectivity index (χ4n) is 2.38. The number of benzene rings is 1. The van der Waals surface area contributed by atoms with Crippen LogP contribution in [-0.2, 0) is 4.74 Å². The van der Waals surface area contributed by atoms with Gasteiger partial charge in [-0.25, -0.2) is 0 Å². The van der Waals surface area contributed by atoms with E-state index in [2.05, 4.69) is 37.8 Å². The van der Waals surface area contributed by atoms with E-state index in [-0.39, 0.29) is 5.54 Å². The Hall–Kier alpha value is -1.53. The molecule has 0 aromatic heterocycles. The molecule has 0 unspecified atom stereocenters. The van der Waals surface area contributed by atoms with Gasteiger partial charge in [0, 0.05) is 6.54 Å². The van der Waals surface area contributed by atoms with Crippen LogP contribution in [-0.4, -0.2) is 25.3 Å². The number of anilines is 1. The number of aryl methyl sites for hydroxylation is 1. The van der Waals surface area contributed by atoms with Crippen molar-refractivity contribution in [1.82, 2.24) is 0 Å². The molecule has 0 saturated carbocycles. The standard InChI is InChI=1S/C14H18N2O/c1-11-5-4-6-12(9-15)13(11)16-7-8-17-10-14(16,2)3/h4-6H,7-8,10H2,1-3H3. The summed E-state index contributed by atoms with van der Waals surface area (Å²) in [5, 5.41) is 9.24. The van der Waals surface area contributed by atoms with Crippen molar-refractivity contribution in [2.24, 2.45) is 0 Å². The van der Waals surface area contributed by atoms with Gasteiger partial charge in [0.1, 0.15) is 6.07 Å². The molecule has 1 aromatic rings. The number of ether oxygens (including phenoxy) is 1. The molecule has 2 rings (SSSR count). The fourth-order valence-corrected chi connectivity index (χ4v) is 2.38. The molecule has 1 saturated heterocycles. The number of hydrogen-bond acceptors (Lipinski definition) is 3. The molecule has 1 fully saturated rings. The average Bonchev–Trinajstić information content (AvgIpc) is 2.29. The van der Waals surface area contributed by atoms with E-state index < -0.39 is 0 Å². The molecule has 3 nitrogen and oxygen atoms in total. The Morgan fingerprint density at radius 2 is 2.18 bits per heavy atom. The lowest BCUT2D eigenvalue weighted by Gasteiger charge is -2.44. The van der Waals surface area contributed by atoms with Crippen molar-refractivity contribution in [3.05, 3.63) is 29.3 Å². The molecule has 0 aliphatic carbocycles. The molecule has 1 aliphatic heterocycles. The molecule has 0 spiro atoms. The Morgan fingerprint density at radius 3 is 2.82 bits per heavy atom. The minimum atomic E-state index is -0.0596. The highest BCUT2D eigenvalue weighted by Crippen LogP contribution is 2.32. The highest BCUT2D eigenvalue weighted by molar-refractivity contribution is 5.65. The Bertz CT molecular complexity index is 460. The molecule has 1 heterocycles. The molecular formula is C14H18N2O. The zero-order valence-electron chi connectivity index (χ0n) is 10.7. The zero-order chi connectivity index (χ0) is 12.5. The molecule has 1 aromatic carbocycles. The van der Waals surface area contributed by atoms with Crippen LogP contribution >= 0.6 is 0 Å². The van der Waals surface area contributed by atoms with E-state index in [4.69, 9.17) is 4.74 Å². The Morgan fingerprint density at radius 1 is 1.41 bits per heavy atom. The van der Waals surface area contributed by atoms with Crippen molar-refractivity contribution < 1.29 is 4.74 Å². The smallest absolute Gasteiger partial charge is 0.101 e. The van der Waals surface area contributed by atoms with Crippen molar-refractivity contribution in [1.29, 1.82) is 5.26 Å². The van der Waals surface area contributed by atoms with Crippen molar-refractivity contribution in [2.75, 3.05) is 24.7 Å². The van der Waals surface area contributed by atoms with Crippen LogP contribution in [0.5, 0.6) is 0 Å². The summed E-state index contributed by atoms with van der Waals surface area (Å²) in [6.07, 6.45) is 0. The predicted molar refractivity (Wildman–Crippen MR) is 68.1 cm³/mol. The van der Waals surface area contributed by atoms with E-state index in [1.165, 1.54) is 0 Å². The summed E-state index contributed by atoms with van der Waals surface area (Å²) in [6.45, 7) is 8.63. The molecule has 90 valence electrons. The first-order valence-corrected chi connectivity index (χ1v) is 5.91. The quantitative estimate of drug-likeness (QED) is 0.743. The molecule has 0 radical (unpaired) electrons. The molecular weight excluding hydrogens is 212 g/mol. The van der Waals surface area contributed by atoms with Gasteiger partial charge in [-0.05, 0) is 32.4 Å².